The number of esters is 1. The molecule has 0 heterocycles. The van der Waals surface area contributed by atoms with Crippen molar-refractivity contribution >= 4 is 107 Å². The number of aliphatic hydroxyl groups is 1. The molecule has 0 aliphatic rings. The number of aliphatic hydroxyl groups excluding tert-OH is 1. The van der Waals surface area contributed by atoms with Crippen LogP contribution in [0.2, 0.25) is 0 Å². The topological polar surface area (TPSA) is 362 Å². The van der Waals surface area contributed by atoms with Crippen molar-refractivity contribution in [1.29, 1.82) is 0 Å². The van der Waals surface area contributed by atoms with Crippen molar-refractivity contribution in [2.75, 3.05) is 13.2 Å². The van der Waals surface area contributed by atoms with Crippen LogP contribution in [0.1, 0.15) is 201 Å². The first kappa shape index (κ1) is 105. The summed E-state index contributed by atoms with van der Waals surface area (Å²) in [5, 5.41) is 8.57. The van der Waals surface area contributed by atoms with Crippen molar-refractivity contribution in [3.8, 4) is 0 Å². The van der Waals surface area contributed by atoms with E-state index in [1.807, 2.05) is 0 Å². The second-order valence-corrected chi connectivity index (χ2v) is 11.2. The third-order valence-electron chi connectivity index (χ3n) is 7.26. The molecule has 0 atom stereocenters. The second kappa shape index (κ2) is 104. The van der Waals surface area contributed by atoms with Crippen molar-refractivity contribution < 1.29 is 74.1 Å². The summed E-state index contributed by atoms with van der Waals surface area (Å²) in [5.74, 6) is -0.00172. The van der Waals surface area contributed by atoms with E-state index in [0.717, 1.165) is 25.7 Å². The van der Waals surface area contributed by atoms with Crippen LogP contribution in [-0.4, -0.2) is 168 Å². The Morgan fingerprint density at radius 1 is 0.412 bits per heavy atom. The van der Waals surface area contributed by atoms with Crippen LogP contribution in [0.5, 0.6) is 0 Å². The Kier molecular flexibility index (Phi) is 214. The van der Waals surface area contributed by atoms with E-state index in [1.165, 1.54) is 148 Å². The molecule has 0 spiro atoms. The number of hydrogen-bond donors (Lipinski definition) is 1. The van der Waals surface area contributed by atoms with Crippen LogP contribution in [0.25, 0.3) is 0 Å². The Bertz CT molecular complexity index is 440. The van der Waals surface area contributed by atoms with Gasteiger partial charge in [0.05, 0.1) is 6.61 Å². The molecule has 0 aliphatic heterocycles. The third-order valence-corrected chi connectivity index (χ3v) is 7.26. The monoisotopic (exact) mass is 845 g/mol. The molecule has 0 rings (SSSR count). The van der Waals surface area contributed by atoms with Crippen LogP contribution in [0.3, 0.4) is 0 Å². The fourth-order valence-electron chi connectivity index (χ4n) is 4.64. The van der Waals surface area contributed by atoms with Crippen LogP contribution in [-0.2, 0) is 9.53 Å². The van der Waals surface area contributed by atoms with E-state index < -0.39 is 0 Å². The van der Waals surface area contributed by atoms with Gasteiger partial charge in [-0.25, -0.2) is 0 Å². The zero-order chi connectivity index (χ0) is 27.5. The number of ether oxygens (including phenoxy) is 1. The molecule has 0 fully saturated rings. The average molecular weight is 846 g/mol. The Labute approximate surface area is 391 Å². The summed E-state index contributed by atoms with van der Waals surface area (Å²) in [4.78, 5) is 11.4. The van der Waals surface area contributed by atoms with Gasteiger partial charge in [-0.05, 0) is 19.3 Å². The molecule has 0 unspecified atom stereocenters. The summed E-state index contributed by atoms with van der Waals surface area (Å²) in [5.41, 5.74) is 0. The summed E-state index contributed by atoms with van der Waals surface area (Å²) in [6.07, 6.45) is 36.4. The number of halogens is 2. The van der Waals surface area contributed by atoms with Gasteiger partial charge in [0.15, 0.2) is 0 Å². The molecule has 326 valence electrons. The molecule has 0 aromatic carbocycles. The normalized spacial score (nSPS) is 7.84. The Morgan fingerprint density at radius 2 is 0.627 bits per heavy atom. The number of carbonyl (C=O) groups excluding carboxylic acids is 1. The fraction of sp³-hybridized carbons (Fsp3) is 0.971. The number of unbranched alkanes of at least 4 members (excludes halogenated alkanes) is 24. The standard InChI is InChI=1S/C22H44O2.C12H26O.Ca.ClH.FH.K.10H2O.3H/c1-3-5-7-8-9-10-11-12-13-14-15-16-17-18-19-20-22(23)24-21-6-4-2;1-2-3-4-5-6-7-8-9-10-11-12-13;;;;;;;;;;;;;;;;;/h3-21H2,1-2H3;13H,2-12H2,1H3;;2*1H;;10*1H2;;;. The van der Waals surface area contributed by atoms with Gasteiger partial charge in [0.1, 0.15) is 0 Å². The molecule has 0 amide bonds. The third kappa shape index (κ3) is 112. The predicted octanol–water partition coefficient (Wildman–Crippen LogP) is 2.25. The zero-order valence-electron chi connectivity index (χ0n) is 31.8. The van der Waals surface area contributed by atoms with Crippen molar-refractivity contribution in [1.82, 2.24) is 0 Å². The van der Waals surface area contributed by atoms with Crippen molar-refractivity contribution in [3.63, 3.8) is 0 Å². The van der Waals surface area contributed by atoms with Gasteiger partial charge in [-0.2, -0.15) is 0 Å². The number of carbonyl (C=O) groups is 1. The minimum atomic E-state index is -0.00172. The summed E-state index contributed by atoms with van der Waals surface area (Å²) in [6.45, 7) is 7.63. The van der Waals surface area contributed by atoms with Gasteiger partial charge in [0, 0.05) is 13.0 Å². The molecule has 0 saturated heterocycles. The second-order valence-electron chi connectivity index (χ2n) is 11.2. The van der Waals surface area contributed by atoms with Gasteiger partial charge in [0.2, 0.25) is 0 Å². The van der Waals surface area contributed by atoms with Crippen LogP contribution in [0.15, 0.2) is 0 Å². The molecule has 0 saturated carbocycles. The van der Waals surface area contributed by atoms with Crippen molar-refractivity contribution in [2.45, 2.75) is 201 Å². The maximum absolute atomic E-state index is 11.4. The van der Waals surface area contributed by atoms with Gasteiger partial charge in [0.25, 0.3) is 0 Å². The Balaban J connectivity index is -0.0000000292. The van der Waals surface area contributed by atoms with E-state index in [4.69, 9.17) is 9.84 Å². The summed E-state index contributed by atoms with van der Waals surface area (Å²) >= 11 is 0. The molecular weight excluding hydrogens is 750 g/mol. The molecule has 0 aliphatic carbocycles. The molecule has 21 N–H and O–H groups in total. The van der Waals surface area contributed by atoms with Gasteiger partial charge in [-0.3, -0.25) is 9.50 Å². The molecule has 0 bridgehead atoms. The van der Waals surface area contributed by atoms with Gasteiger partial charge < -0.3 is 64.6 Å². The zero-order valence-corrected chi connectivity index (χ0v) is 32.6. The van der Waals surface area contributed by atoms with E-state index in [0.29, 0.717) is 19.6 Å². The van der Waals surface area contributed by atoms with E-state index >= 15 is 0 Å². The first-order valence-corrected chi connectivity index (χ1v) is 17.0. The SMILES string of the molecule is CCCCCCCCCCCCCCCCCC(=O)OCCCC.CCCCCCCCCCCCO.Cl.F.O.O.O.O.O.O.O.O.O.O.[CaH2].[KH]. The summed E-state index contributed by atoms with van der Waals surface area (Å²) < 4.78 is 5.16. The van der Waals surface area contributed by atoms with Crippen LogP contribution in [0, 0.1) is 0 Å². The van der Waals surface area contributed by atoms with Crippen LogP contribution in [0.4, 0.5) is 4.70 Å². The maximum atomic E-state index is 11.4. The molecular formula is C34H95CaClFKO13. The quantitative estimate of drug-likeness (QED) is 0.0673. The van der Waals surface area contributed by atoms with Crippen LogP contribution < -0.4 is 0 Å². The van der Waals surface area contributed by atoms with Crippen LogP contribution >= 0.6 is 12.4 Å². The average Bonchev–Trinajstić information content (AvgIpc) is 2.90. The van der Waals surface area contributed by atoms with E-state index in [9.17, 15) is 4.79 Å². The first-order chi connectivity index (χ1) is 18.2. The van der Waals surface area contributed by atoms with Crippen molar-refractivity contribution in [2.24, 2.45) is 0 Å². The minimum absolute atomic E-state index is 0. The molecule has 0 aromatic heterocycles. The van der Waals surface area contributed by atoms with E-state index in [1.54, 1.807) is 0 Å². The Morgan fingerprint density at radius 3 is 0.863 bits per heavy atom. The number of rotatable bonds is 29. The molecule has 0 radical (unpaired) electrons. The van der Waals surface area contributed by atoms with Gasteiger partial charge in [-0.15, -0.1) is 12.4 Å². The first-order valence-electron chi connectivity index (χ1n) is 17.0. The summed E-state index contributed by atoms with van der Waals surface area (Å²) in [6, 6.07) is 0. The predicted molar refractivity (Wildman–Crippen MR) is 226 cm³/mol. The number of hydrogen-bond acceptors (Lipinski definition) is 3. The molecule has 17 heteroatoms. The van der Waals surface area contributed by atoms with E-state index in [-0.39, 0.29) is 167 Å². The molecule has 13 nitrogen and oxygen atoms in total. The van der Waals surface area contributed by atoms with Gasteiger partial charge >= 0.3 is 95.1 Å². The fourth-order valence-corrected chi connectivity index (χ4v) is 4.64. The van der Waals surface area contributed by atoms with Crippen molar-refractivity contribution in [3.05, 3.63) is 0 Å². The van der Waals surface area contributed by atoms with E-state index in [2.05, 4.69) is 20.8 Å². The van der Waals surface area contributed by atoms with Gasteiger partial charge in [-0.1, -0.05) is 175 Å². The summed E-state index contributed by atoms with van der Waals surface area (Å²) in [7, 11) is 0. The molecule has 0 aromatic rings. The Hall–Kier alpha value is 2.15. The molecule has 51 heavy (non-hydrogen) atoms.